The second-order valence-corrected chi connectivity index (χ2v) is 6.62. The van der Waals surface area contributed by atoms with Crippen LogP contribution in [0.4, 0.5) is 0 Å². The zero-order valence-electron chi connectivity index (χ0n) is 14.2. The van der Waals surface area contributed by atoms with Crippen molar-refractivity contribution in [1.82, 2.24) is 0 Å². The molecular formula is C17H23BrN2O3. The lowest BCUT2D eigenvalue weighted by Crippen LogP contribution is -2.38. The normalized spacial score (nSPS) is 20.8. The first-order valence-corrected chi connectivity index (χ1v) is 8.35. The van der Waals surface area contributed by atoms with Gasteiger partial charge in [0.15, 0.2) is 0 Å². The van der Waals surface area contributed by atoms with Gasteiger partial charge in [-0.15, -0.1) is 0 Å². The quantitative estimate of drug-likeness (QED) is 0.800. The van der Waals surface area contributed by atoms with E-state index in [0.717, 1.165) is 15.8 Å². The molecule has 1 aromatic rings. The van der Waals surface area contributed by atoms with Crippen molar-refractivity contribution >= 4 is 27.7 Å². The molecule has 0 spiro atoms. The van der Waals surface area contributed by atoms with E-state index < -0.39 is 0 Å². The SMILES string of the molecule is COC1=N[C@H](C(C)C)C(OC)=N[C@H]1Cc1ccc(Br)cc1OC. The molecule has 0 fully saturated rings. The number of benzene rings is 1. The van der Waals surface area contributed by atoms with Crippen LogP contribution in [-0.2, 0) is 15.9 Å². The largest absolute Gasteiger partial charge is 0.496 e. The second kappa shape index (κ2) is 7.81. The summed E-state index contributed by atoms with van der Waals surface area (Å²) >= 11 is 3.46. The molecule has 0 aromatic heterocycles. The Labute approximate surface area is 145 Å². The summed E-state index contributed by atoms with van der Waals surface area (Å²) in [6.45, 7) is 4.18. The first kappa shape index (κ1) is 17.8. The molecule has 0 aliphatic carbocycles. The molecule has 23 heavy (non-hydrogen) atoms. The highest BCUT2D eigenvalue weighted by Gasteiger charge is 2.31. The van der Waals surface area contributed by atoms with Crippen molar-refractivity contribution in [2.45, 2.75) is 32.4 Å². The van der Waals surface area contributed by atoms with Crippen LogP contribution in [0.1, 0.15) is 19.4 Å². The van der Waals surface area contributed by atoms with E-state index in [1.54, 1.807) is 21.3 Å². The van der Waals surface area contributed by atoms with Gasteiger partial charge in [-0.1, -0.05) is 35.8 Å². The van der Waals surface area contributed by atoms with Gasteiger partial charge in [0.05, 0.1) is 21.3 Å². The third kappa shape index (κ3) is 4.05. The Morgan fingerprint density at radius 3 is 2.30 bits per heavy atom. The smallest absolute Gasteiger partial charge is 0.209 e. The Bertz CT molecular complexity index is 614. The molecular weight excluding hydrogens is 360 g/mol. The van der Waals surface area contributed by atoms with Gasteiger partial charge in [-0.05, 0) is 23.6 Å². The Hall–Kier alpha value is -1.56. The predicted molar refractivity (Wildman–Crippen MR) is 95.7 cm³/mol. The van der Waals surface area contributed by atoms with E-state index in [1.807, 2.05) is 18.2 Å². The van der Waals surface area contributed by atoms with Crippen molar-refractivity contribution < 1.29 is 14.2 Å². The molecule has 0 unspecified atom stereocenters. The van der Waals surface area contributed by atoms with Crippen molar-refractivity contribution in [1.29, 1.82) is 0 Å². The van der Waals surface area contributed by atoms with E-state index in [1.165, 1.54) is 0 Å². The summed E-state index contributed by atoms with van der Waals surface area (Å²) in [5.74, 6) is 2.40. The molecule has 0 saturated carbocycles. The number of rotatable bonds is 4. The monoisotopic (exact) mass is 382 g/mol. The molecule has 0 bridgehead atoms. The van der Waals surface area contributed by atoms with Crippen LogP contribution in [0.15, 0.2) is 32.7 Å². The summed E-state index contributed by atoms with van der Waals surface area (Å²) in [5, 5.41) is 0. The molecule has 0 saturated heterocycles. The van der Waals surface area contributed by atoms with Gasteiger partial charge in [-0.3, -0.25) is 0 Å². The molecule has 1 aliphatic rings. The number of nitrogens with zero attached hydrogens (tertiary/aromatic N) is 2. The molecule has 1 aromatic carbocycles. The molecule has 2 atom stereocenters. The molecule has 0 amide bonds. The molecule has 5 nitrogen and oxygen atoms in total. The van der Waals surface area contributed by atoms with Gasteiger partial charge in [0.2, 0.25) is 11.8 Å². The number of hydrogen-bond donors (Lipinski definition) is 0. The molecule has 1 heterocycles. The van der Waals surface area contributed by atoms with E-state index in [2.05, 4.69) is 29.8 Å². The van der Waals surface area contributed by atoms with Gasteiger partial charge >= 0.3 is 0 Å². The first-order valence-electron chi connectivity index (χ1n) is 7.55. The van der Waals surface area contributed by atoms with Crippen molar-refractivity contribution in [3.05, 3.63) is 28.2 Å². The first-order chi connectivity index (χ1) is 11.0. The zero-order chi connectivity index (χ0) is 17.0. The minimum absolute atomic E-state index is 0.0991. The lowest BCUT2D eigenvalue weighted by molar-refractivity contribution is 0.332. The van der Waals surface area contributed by atoms with Gasteiger partial charge < -0.3 is 14.2 Å². The van der Waals surface area contributed by atoms with E-state index in [-0.39, 0.29) is 12.1 Å². The van der Waals surface area contributed by atoms with Crippen LogP contribution < -0.4 is 4.74 Å². The van der Waals surface area contributed by atoms with Crippen molar-refractivity contribution in [3.8, 4) is 5.75 Å². The standard InChI is InChI=1S/C17H23BrN2O3/c1-10(2)15-17(23-5)19-13(16(20-15)22-4)8-11-6-7-12(18)9-14(11)21-3/h6-7,9-10,13,15H,8H2,1-5H3/t13-,15+/m0/s1. The van der Waals surface area contributed by atoms with Crippen LogP contribution in [-0.4, -0.2) is 45.2 Å². The minimum Gasteiger partial charge on any atom is -0.496 e. The average Bonchev–Trinajstić information content (AvgIpc) is 2.55. The third-order valence-corrected chi connectivity index (χ3v) is 4.29. The summed E-state index contributed by atoms with van der Waals surface area (Å²) in [6, 6.07) is 5.65. The van der Waals surface area contributed by atoms with Crippen LogP contribution in [0.2, 0.25) is 0 Å². The van der Waals surface area contributed by atoms with Gasteiger partial charge in [0.1, 0.15) is 17.8 Å². The van der Waals surface area contributed by atoms with Crippen LogP contribution in [0.5, 0.6) is 5.75 Å². The van der Waals surface area contributed by atoms with Crippen LogP contribution in [0, 0.1) is 5.92 Å². The minimum atomic E-state index is -0.208. The number of ether oxygens (including phenoxy) is 3. The highest BCUT2D eigenvalue weighted by Crippen LogP contribution is 2.27. The number of hydrogen-bond acceptors (Lipinski definition) is 5. The zero-order valence-corrected chi connectivity index (χ0v) is 15.8. The predicted octanol–water partition coefficient (Wildman–Crippen LogP) is 3.50. The molecule has 0 N–H and O–H groups in total. The van der Waals surface area contributed by atoms with Crippen molar-refractivity contribution in [2.75, 3.05) is 21.3 Å². The van der Waals surface area contributed by atoms with Crippen molar-refractivity contribution in [2.24, 2.45) is 15.9 Å². The Morgan fingerprint density at radius 1 is 1.04 bits per heavy atom. The van der Waals surface area contributed by atoms with E-state index in [4.69, 9.17) is 24.2 Å². The maximum atomic E-state index is 5.48. The maximum absolute atomic E-state index is 5.48. The van der Waals surface area contributed by atoms with Crippen LogP contribution in [0.3, 0.4) is 0 Å². The summed E-state index contributed by atoms with van der Waals surface area (Å²) in [5.41, 5.74) is 1.05. The highest BCUT2D eigenvalue weighted by molar-refractivity contribution is 9.10. The van der Waals surface area contributed by atoms with Gasteiger partial charge in [0, 0.05) is 10.9 Å². The van der Waals surface area contributed by atoms with Gasteiger partial charge in [0.25, 0.3) is 0 Å². The molecule has 126 valence electrons. The Kier molecular flexibility index (Phi) is 6.04. The van der Waals surface area contributed by atoms with E-state index in [9.17, 15) is 0 Å². The Morgan fingerprint density at radius 2 is 1.74 bits per heavy atom. The maximum Gasteiger partial charge on any atom is 0.209 e. The summed E-state index contributed by atoms with van der Waals surface area (Å²) in [6.07, 6.45) is 0.640. The fourth-order valence-electron chi connectivity index (χ4n) is 2.59. The topological polar surface area (TPSA) is 52.4 Å². The van der Waals surface area contributed by atoms with Crippen molar-refractivity contribution in [3.63, 3.8) is 0 Å². The van der Waals surface area contributed by atoms with Crippen LogP contribution in [0.25, 0.3) is 0 Å². The average molecular weight is 383 g/mol. The fourth-order valence-corrected chi connectivity index (χ4v) is 2.93. The van der Waals surface area contributed by atoms with E-state index in [0.29, 0.717) is 24.1 Å². The fraction of sp³-hybridized carbons (Fsp3) is 0.529. The van der Waals surface area contributed by atoms with Gasteiger partial charge in [-0.2, -0.15) is 0 Å². The van der Waals surface area contributed by atoms with E-state index >= 15 is 0 Å². The summed E-state index contributed by atoms with van der Waals surface area (Å²) < 4.78 is 17.4. The third-order valence-electron chi connectivity index (χ3n) is 3.80. The lowest BCUT2D eigenvalue weighted by Gasteiger charge is -2.27. The lowest BCUT2D eigenvalue weighted by atomic mass is 10.00. The number of methoxy groups -OCH3 is 3. The Balaban J connectivity index is 2.31. The molecule has 6 heteroatoms. The molecule has 1 aliphatic heterocycles. The number of halogens is 1. The second-order valence-electron chi connectivity index (χ2n) is 5.71. The summed E-state index contributed by atoms with van der Waals surface area (Å²) in [4.78, 5) is 9.41. The summed E-state index contributed by atoms with van der Waals surface area (Å²) in [7, 11) is 4.93. The molecule has 0 radical (unpaired) electrons. The highest BCUT2D eigenvalue weighted by atomic mass is 79.9. The number of aliphatic imine (C=N–C) groups is 2. The van der Waals surface area contributed by atoms with Crippen LogP contribution >= 0.6 is 15.9 Å². The molecule has 2 rings (SSSR count). The van der Waals surface area contributed by atoms with Gasteiger partial charge in [-0.25, -0.2) is 9.98 Å².